The Morgan fingerprint density at radius 1 is 1.09 bits per heavy atom. The van der Waals surface area contributed by atoms with Crippen LogP contribution >= 0.6 is 11.3 Å². The zero-order valence-corrected chi connectivity index (χ0v) is 22.7. The number of nitrogens with zero attached hydrogens (tertiary/aromatic N) is 1. The van der Waals surface area contributed by atoms with Gasteiger partial charge in [-0.15, -0.1) is 11.3 Å². The van der Waals surface area contributed by atoms with Crippen LogP contribution in [0.1, 0.15) is 77.8 Å². The summed E-state index contributed by atoms with van der Waals surface area (Å²) in [5, 5.41) is 0. The fraction of sp³-hybridized carbons (Fsp3) is 0.467. The lowest BCUT2D eigenvalue weighted by atomic mass is 9.82. The zero-order valence-electron chi connectivity index (χ0n) is 21.9. The molecule has 0 atom stereocenters. The molecular weight excluding hydrogens is 438 g/mol. The molecular formula is C30H39NO2S. The van der Waals surface area contributed by atoms with Crippen molar-refractivity contribution in [1.29, 1.82) is 0 Å². The maximum atomic E-state index is 12.1. The smallest absolute Gasteiger partial charge is 0.183 e. The molecule has 1 aliphatic carbocycles. The van der Waals surface area contributed by atoms with Crippen molar-refractivity contribution >= 4 is 21.6 Å². The molecule has 0 unspecified atom stereocenters. The van der Waals surface area contributed by atoms with Gasteiger partial charge in [0, 0.05) is 11.6 Å². The Hall–Kier alpha value is -2.46. The van der Waals surface area contributed by atoms with E-state index in [2.05, 4.69) is 46.8 Å². The number of fused-ring (bicyclic) bond motifs is 2. The first-order chi connectivity index (χ1) is 16.1. The van der Waals surface area contributed by atoms with E-state index >= 15 is 0 Å². The predicted octanol–water partition coefficient (Wildman–Crippen LogP) is 8.65. The minimum Gasteiger partial charge on any atom is -0.489 e. The van der Waals surface area contributed by atoms with Crippen LogP contribution in [0.3, 0.4) is 0 Å². The van der Waals surface area contributed by atoms with Gasteiger partial charge in [-0.3, -0.25) is 4.79 Å². The summed E-state index contributed by atoms with van der Waals surface area (Å²) < 4.78 is 7.09. The Labute approximate surface area is 208 Å². The topological polar surface area (TPSA) is 39.2 Å². The van der Waals surface area contributed by atoms with Crippen molar-refractivity contribution in [2.45, 2.75) is 80.6 Å². The van der Waals surface area contributed by atoms with E-state index in [1.54, 1.807) is 17.4 Å². The molecule has 0 radical (unpaired) electrons. The van der Waals surface area contributed by atoms with Crippen LogP contribution in [-0.4, -0.2) is 11.6 Å². The van der Waals surface area contributed by atoms with Gasteiger partial charge in [-0.2, -0.15) is 0 Å². The van der Waals surface area contributed by atoms with Crippen molar-refractivity contribution in [3.8, 4) is 16.3 Å². The van der Waals surface area contributed by atoms with Crippen molar-refractivity contribution in [1.82, 2.24) is 4.98 Å². The lowest BCUT2D eigenvalue weighted by Crippen LogP contribution is -2.10. The van der Waals surface area contributed by atoms with Crippen molar-refractivity contribution in [3.05, 3.63) is 68.9 Å². The van der Waals surface area contributed by atoms with E-state index in [1.807, 2.05) is 32.0 Å². The molecule has 2 aliphatic rings. The highest BCUT2D eigenvalue weighted by molar-refractivity contribution is 7.21. The zero-order chi connectivity index (χ0) is 24.9. The lowest BCUT2D eigenvalue weighted by molar-refractivity contribution is 0.301. The molecule has 34 heavy (non-hydrogen) atoms. The molecule has 3 nitrogen and oxygen atoms in total. The van der Waals surface area contributed by atoms with E-state index in [-0.39, 0.29) is 5.43 Å². The fourth-order valence-electron chi connectivity index (χ4n) is 4.20. The molecule has 0 N–H and O–H groups in total. The quantitative estimate of drug-likeness (QED) is 0.217. The Bertz CT molecular complexity index is 1230. The molecule has 0 saturated heterocycles. The lowest BCUT2D eigenvalue weighted by Gasteiger charge is -2.24. The molecule has 1 aromatic rings. The third-order valence-electron chi connectivity index (χ3n) is 6.50. The SMILES string of the molecule is CC(C)=CCCC(C)(C)CCC/C(C)=C/COc1ccc2sc3c(C)c(=O)cc(C)c-3nc2c1. The summed E-state index contributed by atoms with van der Waals surface area (Å²) in [6.07, 6.45) is 10.5. The highest BCUT2D eigenvalue weighted by atomic mass is 32.1. The van der Waals surface area contributed by atoms with E-state index in [4.69, 9.17) is 9.72 Å². The third kappa shape index (κ3) is 7.02. The van der Waals surface area contributed by atoms with Crippen LogP contribution in [0.15, 0.2) is 52.4 Å². The Balaban J connectivity index is 1.57. The Morgan fingerprint density at radius 3 is 2.59 bits per heavy atom. The number of aromatic nitrogens is 1. The van der Waals surface area contributed by atoms with E-state index in [0.717, 1.165) is 44.1 Å². The van der Waals surface area contributed by atoms with Crippen LogP contribution < -0.4 is 10.2 Å². The average molecular weight is 478 g/mol. The first kappa shape index (κ1) is 26.2. The second kappa shape index (κ2) is 11.3. The highest BCUT2D eigenvalue weighted by Gasteiger charge is 2.17. The molecule has 1 aromatic carbocycles. The maximum Gasteiger partial charge on any atom is 0.183 e. The number of hydrogen-bond donors (Lipinski definition) is 0. The van der Waals surface area contributed by atoms with Gasteiger partial charge in [0.05, 0.1) is 20.8 Å². The number of hydrogen-bond acceptors (Lipinski definition) is 4. The first-order valence-corrected chi connectivity index (χ1v) is 13.1. The van der Waals surface area contributed by atoms with Gasteiger partial charge < -0.3 is 4.74 Å². The van der Waals surface area contributed by atoms with Crippen LogP contribution in [0.2, 0.25) is 0 Å². The Kier molecular flexibility index (Phi) is 8.70. The maximum absolute atomic E-state index is 12.1. The second-order valence-electron chi connectivity index (χ2n) is 10.5. The first-order valence-electron chi connectivity index (χ1n) is 12.3. The van der Waals surface area contributed by atoms with Crippen LogP contribution in [0.25, 0.3) is 20.8 Å². The van der Waals surface area contributed by atoms with E-state index in [0.29, 0.717) is 12.0 Å². The summed E-state index contributed by atoms with van der Waals surface area (Å²) in [6.45, 7) is 15.7. The minimum atomic E-state index is 0.0804. The van der Waals surface area contributed by atoms with Gasteiger partial charge in [0.15, 0.2) is 5.43 Å². The number of aryl methyl sites for hydroxylation is 1. The summed E-state index contributed by atoms with van der Waals surface area (Å²) in [7, 11) is 0. The van der Waals surface area contributed by atoms with Crippen molar-refractivity contribution < 1.29 is 4.74 Å². The third-order valence-corrected chi connectivity index (χ3v) is 7.77. The molecule has 1 aliphatic heterocycles. The van der Waals surface area contributed by atoms with Crippen LogP contribution in [-0.2, 0) is 0 Å². The number of rotatable bonds is 10. The van der Waals surface area contributed by atoms with Gasteiger partial charge >= 0.3 is 0 Å². The molecule has 182 valence electrons. The van der Waals surface area contributed by atoms with Gasteiger partial charge in [0.1, 0.15) is 12.4 Å². The molecule has 0 amide bonds. The van der Waals surface area contributed by atoms with Gasteiger partial charge in [-0.05, 0) is 102 Å². The fourth-order valence-corrected chi connectivity index (χ4v) is 5.32. The van der Waals surface area contributed by atoms with Crippen molar-refractivity contribution in [3.63, 3.8) is 0 Å². The Morgan fingerprint density at radius 2 is 1.85 bits per heavy atom. The monoisotopic (exact) mass is 477 g/mol. The molecule has 3 rings (SSSR count). The average Bonchev–Trinajstić information content (AvgIpc) is 2.76. The van der Waals surface area contributed by atoms with E-state index < -0.39 is 0 Å². The summed E-state index contributed by atoms with van der Waals surface area (Å²) in [6, 6.07) is 7.72. The van der Waals surface area contributed by atoms with Gasteiger partial charge in [-0.1, -0.05) is 31.1 Å². The normalized spacial score (nSPS) is 12.4. The van der Waals surface area contributed by atoms with Gasteiger partial charge in [0.2, 0.25) is 0 Å². The summed E-state index contributed by atoms with van der Waals surface area (Å²) in [5.41, 5.74) is 6.78. The minimum absolute atomic E-state index is 0.0804. The summed E-state index contributed by atoms with van der Waals surface area (Å²) >= 11 is 1.63. The molecule has 0 aromatic heterocycles. The summed E-state index contributed by atoms with van der Waals surface area (Å²) in [5.74, 6) is 0.825. The summed E-state index contributed by atoms with van der Waals surface area (Å²) in [4.78, 5) is 18.0. The predicted molar refractivity (Wildman–Crippen MR) is 148 cm³/mol. The number of allylic oxidation sites excluding steroid dienone is 3. The molecule has 4 heteroatoms. The van der Waals surface area contributed by atoms with Crippen LogP contribution in [0.4, 0.5) is 0 Å². The molecule has 0 bridgehead atoms. The molecule has 0 fully saturated rings. The number of benzene rings is 2. The van der Waals surface area contributed by atoms with Gasteiger partial charge in [-0.25, -0.2) is 4.98 Å². The highest BCUT2D eigenvalue weighted by Crippen LogP contribution is 2.35. The molecule has 0 saturated carbocycles. The molecule has 0 spiro atoms. The van der Waals surface area contributed by atoms with E-state index in [1.165, 1.54) is 36.8 Å². The van der Waals surface area contributed by atoms with Crippen LogP contribution in [0.5, 0.6) is 5.75 Å². The number of ether oxygens (including phenoxy) is 1. The largest absolute Gasteiger partial charge is 0.489 e. The standard InChI is InChI=1S/C30H39NO2S/c1-20(2)10-8-15-30(6,7)16-9-11-21(3)14-17-33-24-12-13-27-25(19-24)31-28-22(4)18-26(32)23(5)29(28)34-27/h10,12-14,18-19H,8-9,11,15-17H2,1-7H3/b21-14+. The van der Waals surface area contributed by atoms with Crippen molar-refractivity contribution in [2.75, 3.05) is 6.61 Å². The van der Waals surface area contributed by atoms with Crippen LogP contribution in [0, 0.1) is 19.3 Å². The second-order valence-corrected chi connectivity index (χ2v) is 11.6. The van der Waals surface area contributed by atoms with Gasteiger partial charge in [0.25, 0.3) is 0 Å². The molecule has 1 heterocycles. The van der Waals surface area contributed by atoms with Crippen molar-refractivity contribution in [2.24, 2.45) is 5.41 Å². The van der Waals surface area contributed by atoms with E-state index in [9.17, 15) is 4.79 Å².